The van der Waals surface area contributed by atoms with Crippen molar-refractivity contribution in [2.24, 2.45) is 0 Å². The summed E-state index contributed by atoms with van der Waals surface area (Å²) in [5.41, 5.74) is 3.48. The Morgan fingerprint density at radius 2 is 1.87 bits per heavy atom. The third kappa shape index (κ3) is 5.37. The van der Waals surface area contributed by atoms with E-state index in [4.69, 9.17) is 10.00 Å². The van der Waals surface area contributed by atoms with E-state index >= 15 is 0 Å². The quantitative estimate of drug-likeness (QED) is 0.746. The molecule has 1 heterocycles. The lowest BCUT2D eigenvalue weighted by molar-refractivity contribution is -0.895. The summed E-state index contributed by atoms with van der Waals surface area (Å²) in [6, 6.07) is 14.8. The topological polar surface area (TPSA) is 86.9 Å². The smallest absolute Gasteiger partial charge is 0.279 e. The van der Waals surface area contributed by atoms with Gasteiger partial charge in [-0.1, -0.05) is 24.3 Å². The number of piperazine rings is 1. The Bertz CT molecular complexity index is 959. The van der Waals surface area contributed by atoms with Crippen LogP contribution < -0.4 is 15.0 Å². The Kier molecular flexibility index (Phi) is 7.04. The molecule has 1 saturated heterocycles. The molecule has 2 aromatic rings. The third-order valence-electron chi connectivity index (χ3n) is 5.47. The highest BCUT2D eigenvalue weighted by Gasteiger charge is 2.25. The zero-order valence-corrected chi connectivity index (χ0v) is 17.4. The van der Waals surface area contributed by atoms with Crippen LogP contribution in [0.5, 0.6) is 5.75 Å². The molecule has 156 valence electrons. The molecule has 0 radical (unpaired) electrons. The second-order valence-electron chi connectivity index (χ2n) is 7.50. The molecule has 7 nitrogen and oxygen atoms in total. The fourth-order valence-electron chi connectivity index (χ4n) is 3.47. The lowest BCUT2D eigenvalue weighted by Crippen LogP contribution is -3.15. The number of rotatable bonds is 6. The number of ether oxygens (including phenoxy) is 1. The maximum Gasteiger partial charge on any atom is 0.279 e. The molecule has 0 atom stereocenters. The van der Waals surface area contributed by atoms with Gasteiger partial charge in [0.05, 0.1) is 31.7 Å². The second kappa shape index (κ2) is 9.90. The van der Waals surface area contributed by atoms with Gasteiger partial charge in [-0.2, -0.15) is 5.26 Å². The first-order valence-corrected chi connectivity index (χ1v) is 10.1. The van der Waals surface area contributed by atoms with Crippen molar-refractivity contribution in [1.29, 1.82) is 5.26 Å². The van der Waals surface area contributed by atoms with Crippen LogP contribution in [-0.4, -0.2) is 56.0 Å². The molecule has 0 unspecified atom stereocenters. The maximum absolute atomic E-state index is 12.4. The van der Waals surface area contributed by atoms with E-state index < -0.39 is 0 Å². The summed E-state index contributed by atoms with van der Waals surface area (Å²) in [7, 11) is 0. The van der Waals surface area contributed by atoms with Gasteiger partial charge in [0.2, 0.25) is 0 Å². The van der Waals surface area contributed by atoms with Crippen LogP contribution in [0.2, 0.25) is 0 Å². The summed E-state index contributed by atoms with van der Waals surface area (Å²) in [5.74, 6) is 0.289. The summed E-state index contributed by atoms with van der Waals surface area (Å²) in [6.45, 7) is 6.88. The molecular weight excluding hydrogens is 380 g/mol. The van der Waals surface area contributed by atoms with Gasteiger partial charge in [0.25, 0.3) is 11.8 Å². The van der Waals surface area contributed by atoms with Crippen molar-refractivity contribution in [3.63, 3.8) is 0 Å². The van der Waals surface area contributed by atoms with E-state index in [2.05, 4.69) is 11.4 Å². The van der Waals surface area contributed by atoms with Crippen LogP contribution in [0, 0.1) is 25.2 Å². The molecule has 1 fully saturated rings. The molecule has 0 bridgehead atoms. The number of nitriles is 1. The van der Waals surface area contributed by atoms with Gasteiger partial charge in [-0.15, -0.1) is 0 Å². The average Bonchev–Trinajstić information content (AvgIpc) is 2.76. The van der Waals surface area contributed by atoms with E-state index in [1.807, 2.05) is 32.0 Å². The van der Waals surface area contributed by atoms with Crippen molar-refractivity contribution in [3.05, 3.63) is 59.2 Å². The largest absolute Gasteiger partial charge is 0.482 e. The molecule has 0 saturated carbocycles. The monoisotopic (exact) mass is 407 g/mol. The predicted octanol–water partition coefficient (Wildman–Crippen LogP) is 0.920. The minimum absolute atomic E-state index is 0.0186. The number of nitrogens with zero attached hydrogens (tertiary/aromatic N) is 2. The number of quaternary nitrogens is 1. The van der Waals surface area contributed by atoms with Gasteiger partial charge in [-0.05, 0) is 43.2 Å². The van der Waals surface area contributed by atoms with Crippen LogP contribution in [0.25, 0.3) is 0 Å². The van der Waals surface area contributed by atoms with Crippen molar-refractivity contribution >= 4 is 17.5 Å². The number of amides is 2. The predicted molar refractivity (Wildman–Crippen MR) is 113 cm³/mol. The highest BCUT2D eigenvalue weighted by Crippen LogP contribution is 2.18. The zero-order chi connectivity index (χ0) is 21.5. The van der Waals surface area contributed by atoms with E-state index in [0.29, 0.717) is 44.0 Å². The van der Waals surface area contributed by atoms with Crippen molar-refractivity contribution in [2.45, 2.75) is 13.8 Å². The number of hydrogen-bond acceptors (Lipinski definition) is 4. The summed E-state index contributed by atoms with van der Waals surface area (Å²) in [5, 5.41) is 12.1. The van der Waals surface area contributed by atoms with Gasteiger partial charge in [0.15, 0.2) is 13.2 Å². The summed E-state index contributed by atoms with van der Waals surface area (Å²) >= 11 is 0. The molecule has 30 heavy (non-hydrogen) atoms. The van der Waals surface area contributed by atoms with Crippen LogP contribution in [-0.2, 0) is 9.59 Å². The first kappa shape index (κ1) is 21.3. The average molecular weight is 407 g/mol. The minimum Gasteiger partial charge on any atom is -0.482 e. The van der Waals surface area contributed by atoms with Crippen LogP contribution in [0.1, 0.15) is 16.7 Å². The van der Waals surface area contributed by atoms with E-state index in [9.17, 15) is 9.59 Å². The number of hydrogen-bond donors (Lipinski definition) is 2. The third-order valence-corrected chi connectivity index (χ3v) is 5.47. The fraction of sp³-hybridized carbons (Fsp3) is 0.348. The zero-order valence-electron chi connectivity index (χ0n) is 17.4. The maximum atomic E-state index is 12.4. The van der Waals surface area contributed by atoms with Gasteiger partial charge in [0, 0.05) is 5.69 Å². The van der Waals surface area contributed by atoms with Gasteiger partial charge >= 0.3 is 0 Å². The molecule has 0 aromatic heterocycles. The van der Waals surface area contributed by atoms with Gasteiger partial charge in [-0.3, -0.25) is 9.59 Å². The first-order chi connectivity index (χ1) is 14.5. The molecule has 2 amide bonds. The number of aryl methyl sites for hydroxylation is 1. The second-order valence-corrected chi connectivity index (χ2v) is 7.50. The Hall–Kier alpha value is -3.37. The molecule has 3 rings (SSSR count). The summed E-state index contributed by atoms with van der Waals surface area (Å²) in [4.78, 5) is 27.8. The van der Waals surface area contributed by atoms with Crippen LogP contribution in [0.4, 0.5) is 5.69 Å². The van der Waals surface area contributed by atoms with E-state index in [-0.39, 0.29) is 18.4 Å². The van der Waals surface area contributed by atoms with Crippen LogP contribution >= 0.6 is 0 Å². The molecule has 2 N–H and O–H groups in total. The van der Waals surface area contributed by atoms with Gasteiger partial charge < -0.3 is 19.9 Å². The number of benzene rings is 2. The first-order valence-electron chi connectivity index (χ1n) is 10.1. The Morgan fingerprint density at radius 3 is 2.60 bits per heavy atom. The van der Waals surface area contributed by atoms with Crippen molar-refractivity contribution < 1.29 is 19.2 Å². The van der Waals surface area contributed by atoms with Crippen LogP contribution in [0.3, 0.4) is 0 Å². The Morgan fingerprint density at radius 1 is 1.13 bits per heavy atom. The normalized spacial score (nSPS) is 14.1. The molecule has 0 aliphatic carbocycles. The lowest BCUT2D eigenvalue weighted by atomic mass is 10.1. The number of carbonyl (C=O) groups is 2. The van der Waals surface area contributed by atoms with E-state index in [1.165, 1.54) is 0 Å². The molecular formula is C23H27N4O3+. The number of anilines is 1. The van der Waals surface area contributed by atoms with Gasteiger partial charge in [0.1, 0.15) is 11.8 Å². The van der Waals surface area contributed by atoms with Crippen molar-refractivity contribution in [3.8, 4) is 11.8 Å². The number of para-hydroxylation sites is 1. The summed E-state index contributed by atoms with van der Waals surface area (Å²) < 4.78 is 5.54. The molecule has 0 spiro atoms. The minimum atomic E-state index is -0.110. The standard InChI is InChI=1S/C23H26N4O3/c1-17-6-5-8-20(18(17)2)25-22(28)15-26-10-12-27(13-11-26)23(29)16-30-21-9-4-3-7-19(21)14-24/h3-9H,10-13,15-16H2,1-2H3,(H,25,28)/p+1. The number of nitrogens with one attached hydrogen (secondary N) is 2. The molecule has 2 aromatic carbocycles. The SMILES string of the molecule is Cc1cccc(NC(=O)C[NH+]2CCN(C(=O)COc3ccccc3C#N)CC2)c1C. The number of carbonyl (C=O) groups excluding carboxylic acids is 2. The molecule has 1 aliphatic heterocycles. The lowest BCUT2D eigenvalue weighted by Gasteiger charge is -2.31. The highest BCUT2D eigenvalue weighted by atomic mass is 16.5. The molecule has 7 heteroatoms. The Labute approximate surface area is 176 Å². The van der Waals surface area contributed by atoms with Crippen molar-refractivity contribution in [1.82, 2.24) is 4.90 Å². The van der Waals surface area contributed by atoms with Crippen molar-refractivity contribution in [2.75, 3.05) is 44.6 Å². The fourth-order valence-corrected chi connectivity index (χ4v) is 3.47. The van der Waals surface area contributed by atoms with Crippen LogP contribution in [0.15, 0.2) is 42.5 Å². The van der Waals surface area contributed by atoms with E-state index in [1.54, 1.807) is 29.2 Å². The van der Waals surface area contributed by atoms with Gasteiger partial charge in [-0.25, -0.2) is 0 Å². The highest BCUT2D eigenvalue weighted by molar-refractivity contribution is 5.92. The summed E-state index contributed by atoms with van der Waals surface area (Å²) in [6.07, 6.45) is 0. The van der Waals surface area contributed by atoms with E-state index in [0.717, 1.165) is 21.7 Å². The molecule has 1 aliphatic rings. The Balaban J connectivity index is 1.44.